The molecule has 1 N–H and O–H groups in total. The normalized spacial score (nSPS) is 17.5. The molecule has 0 amide bonds. The van der Waals surface area contributed by atoms with Gasteiger partial charge in [0.1, 0.15) is 0 Å². The number of rotatable bonds is 5. The summed E-state index contributed by atoms with van der Waals surface area (Å²) in [6.45, 7) is 7.55. The molecule has 1 saturated heterocycles. The Balaban J connectivity index is 1.95. The van der Waals surface area contributed by atoms with E-state index in [2.05, 4.69) is 48.3 Å². The van der Waals surface area contributed by atoms with Crippen LogP contribution in [0, 0.1) is 5.92 Å². The van der Waals surface area contributed by atoms with Crippen LogP contribution in [-0.2, 0) is 9.53 Å². The minimum atomic E-state index is -0.0886. The molecule has 1 atom stereocenters. The maximum atomic E-state index is 11.7. The van der Waals surface area contributed by atoms with E-state index in [1.807, 2.05) is 6.07 Å². The standard InChI is InChI=1S/C19H29N3O2/c1-4-20-19(21-14-15(2)16-8-6-5-7-9-16)22-12-10-17(11-13-22)18(23)24-3/h5-9,15,17H,4,10-14H2,1-3H3,(H,20,21). The number of carbonyl (C=O) groups is 1. The van der Waals surface area contributed by atoms with Crippen molar-refractivity contribution >= 4 is 11.9 Å². The van der Waals surface area contributed by atoms with Crippen LogP contribution in [0.15, 0.2) is 35.3 Å². The highest BCUT2D eigenvalue weighted by Gasteiger charge is 2.27. The molecule has 0 aliphatic carbocycles. The summed E-state index contributed by atoms with van der Waals surface area (Å²) >= 11 is 0. The molecule has 1 aromatic carbocycles. The van der Waals surface area contributed by atoms with Gasteiger partial charge in [-0.05, 0) is 25.3 Å². The number of piperidine rings is 1. The van der Waals surface area contributed by atoms with E-state index in [1.54, 1.807) is 0 Å². The first-order valence-electron chi connectivity index (χ1n) is 8.81. The molecule has 0 aromatic heterocycles. The first kappa shape index (κ1) is 18.3. The van der Waals surface area contributed by atoms with E-state index >= 15 is 0 Å². The van der Waals surface area contributed by atoms with Crippen LogP contribution >= 0.6 is 0 Å². The molecule has 1 unspecified atom stereocenters. The van der Waals surface area contributed by atoms with E-state index in [9.17, 15) is 4.79 Å². The van der Waals surface area contributed by atoms with E-state index in [0.29, 0.717) is 5.92 Å². The smallest absolute Gasteiger partial charge is 0.308 e. The molecule has 0 radical (unpaired) electrons. The van der Waals surface area contributed by atoms with Gasteiger partial charge in [0.15, 0.2) is 5.96 Å². The molecule has 1 heterocycles. The fraction of sp³-hybridized carbons (Fsp3) is 0.579. The van der Waals surface area contributed by atoms with Crippen molar-refractivity contribution in [3.05, 3.63) is 35.9 Å². The second-order valence-electron chi connectivity index (χ2n) is 6.29. The second kappa shape index (κ2) is 9.30. The third-order valence-electron chi connectivity index (χ3n) is 4.55. The van der Waals surface area contributed by atoms with E-state index in [1.165, 1.54) is 12.7 Å². The van der Waals surface area contributed by atoms with Crippen LogP contribution in [0.5, 0.6) is 0 Å². The SMILES string of the molecule is CCNC(=NCC(C)c1ccccc1)N1CCC(C(=O)OC)CC1. The monoisotopic (exact) mass is 331 g/mol. The Morgan fingerprint density at radius 3 is 2.58 bits per heavy atom. The van der Waals surface area contributed by atoms with Gasteiger partial charge in [-0.25, -0.2) is 0 Å². The highest BCUT2D eigenvalue weighted by atomic mass is 16.5. The summed E-state index contributed by atoms with van der Waals surface area (Å²) in [7, 11) is 1.46. The van der Waals surface area contributed by atoms with Crippen LogP contribution in [0.2, 0.25) is 0 Å². The number of hydrogen-bond acceptors (Lipinski definition) is 3. The van der Waals surface area contributed by atoms with Gasteiger partial charge in [-0.2, -0.15) is 0 Å². The third-order valence-corrected chi connectivity index (χ3v) is 4.55. The first-order valence-corrected chi connectivity index (χ1v) is 8.81. The van der Waals surface area contributed by atoms with Gasteiger partial charge in [0.2, 0.25) is 0 Å². The Morgan fingerprint density at radius 1 is 1.33 bits per heavy atom. The summed E-state index contributed by atoms with van der Waals surface area (Å²) in [5.74, 6) is 1.27. The zero-order valence-electron chi connectivity index (χ0n) is 15.0. The van der Waals surface area contributed by atoms with Crippen molar-refractivity contribution in [2.75, 3.05) is 33.3 Å². The molecular formula is C19H29N3O2. The molecule has 1 aliphatic heterocycles. The predicted octanol–water partition coefficient (Wildman–Crippen LogP) is 2.64. The lowest BCUT2D eigenvalue weighted by molar-refractivity contribution is -0.146. The molecule has 0 bridgehead atoms. The van der Waals surface area contributed by atoms with Crippen molar-refractivity contribution in [1.29, 1.82) is 0 Å². The molecule has 1 aromatic rings. The molecule has 132 valence electrons. The van der Waals surface area contributed by atoms with Crippen LogP contribution in [0.25, 0.3) is 0 Å². The average Bonchev–Trinajstić information content (AvgIpc) is 2.65. The Morgan fingerprint density at radius 2 is 2.00 bits per heavy atom. The number of esters is 1. The molecule has 0 spiro atoms. The number of guanidine groups is 1. The number of hydrogen-bond donors (Lipinski definition) is 1. The second-order valence-corrected chi connectivity index (χ2v) is 6.29. The Kier molecular flexibility index (Phi) is 7.09. The summed E-state index contributed by atoms with van der Waals surface area (Å²) in [5.41, 5.74) is 1.31. The molecular weight excluding hydrogens is 302 g/mol. The Labute approximate surface area is 145 Å². The third kappa shape index (κ3) is 4.98. The minimum Gasteiger partial charge on any atom is -0.469 e. The maximum Gasteiger partial charge on any atom is 0.308 e. The van der Waals surface area contributed by atoms with Crippen molar-refractivity contribution < 1.29 is 9.53 Å². The van der Waals surface area contributed by atoms with Crippen molar-refractivity contribution in [1.82, 2.24) is 10.2 Å². The largest absolute Gasteiger partial charge is 0.469 e. The highest BCUT2D eigenvalue weighted by Crippen LogP contribution is 2.19. The van der Waals surface area contributed by atoms with E-state index in [-0.39, 0.29) is 11.9 Å². The number of likely N-dealkylation sites (tertiary alicyclic amines) is 1. The quantitative estimate of drug-likeness (QED) is 0.512. The predicted molar refractivity (Wildman–Crippen MR) is 97.1 cm³/mol. The number of aliphatic imine (C=N–C) groups is 1. The van der Waals surface area contributed by atoms with Crippen LogP contribution in [0.4, 0.5) is 0 Å². The first-order chi connectivity index (χ1) is 11.7. The van der Waals surface area contributed by atoms with Crippen LogP contribution in [0.1, 0.15) is 38.2 Å². The summed E-state index contributed by atoms with van der Waals surface area (Å²) in [5, 5.41) is 3.38. The number of benzene rings is 1. The molecule has 2 rings (SSSR count). The van der Waals surface area contributed by atoms with Gasteiger partial charge in [0.25, 0.3) is 0 Å². The molecule has 1 fully saturated rings. The molecule has 5 nitrogen and oxygen atoms in total. The van der Waals surface area contributed by atoms with Crippen LogP contribution < -0.4 is 5.32 Å². The summed E-state index contributed by atoms with van der Waals surface area (Å²) in [4.78, 5) is 18.7. The average molecular weight is 331 g/mol. The van der Waals surface area contributed by atoms with E-state index in [0.717, 1.165) is 45.0 Å². The van der Waals surface area contributed by atoms with Crippen LogP contribution in [0.3, 0.4) is 0 Å². The topological polar surface area (TPSA) is 53.9 Å². The van der Waals surface area contributed by atoms with Gasteiger partial charge in [-0.15, -0.1) is 0 Å². The summed E-state index contributed by atoms with van der Waals surface area (Å²) in [6, 6.07) is 10.5. The number of methoxy groups -OCH3 is 1. The van der Waals surface area contributed by atoms with Crippen molar-refractivity contribution in [2.24, 2.45) is 10.9 Å². The summed E-state index contributed by atoms with van der Waals surface area (Å²) in [6.07, 6.45) is 1.65. The van der Waals surface area contributed by atoms with E-state index in [4.69, 9.17) is 9.73 Å². The fourth-order valence-corrected chi connectivity index (χ4v) is 3.03. The minimum absolute atomic E-state index is 0.0253. The van der Waals surface area contributed by atoms with Crippen molar-refractivity contribution in [3.8, 4) is 0 Å². The van der Waals surface area contributed by atoms with Gasteiger partial charge < -0.3 is 15.0 Å². The molecule has 24 heavy (non-hydrogen) atoms. The van der Waals surface area contributed by atoms with E-state index < -0.39 is 0 Å². The fourth-order valence-electron chi connectivity index (χ4n) is 3.03. The number of nitrogens with zero attached hydrogens (tertiary/aromatic N) is 2. The van der Waals surface area contributed by atoms with Gasteiger partial charge in [-0.3, -0.25) is 9.79 Å². The van der Waals surface area contributed by atoms with Gasteiger partial charge >= 0.3 is 5.97 Å². The Bertz CT molecular complexity index is 537. The van der Waals surface area contributed by atoms with Gasteiger partial charge in [0.05, 0.1) is 13.0 Å². The lowest BCUT2D eigenvalue weighted by Gasteiger charge is -2.33. The zero-order chi connectivity index (χ0) is 17.4. The molecule has 1 aliphatic rings. The Hall–Kier alpha value is -2.04. The maximum absolute atomic E-state index is 11.7. The number of nitrogens with one attached hydrogen (secondary N) is 1. The van der Waals surface area contributed by atoms with Gasteiger partial charge in [-0.1, -0.05) is 37.3 Å². The molecule has 5 heteroatoms. The number of carbonyl (C=O) groups excluding carboxylic acids is 1. The van der Waals surface area contributed by atoms with Crippen molar-refractivity contribution in [3.63, 3.8) is 0 Å². The zero-order valence-corrected chi connectivity index (χ0v) is 15.0. The van der Waals surface area contributed by atoms with Crippen LogP contribution in [-0.4, -0.2) is 50.1 Å². The van der Waals surface area contributed by atoms with Gasteiger partial charge in [0, 0.05) is 32.1 Å². The van der Waals surface area contributed by atoms with Crippen molar-refractivity contribution in [2.45, 2.75) is 32.6 Å². The molecule has 0 saturated carbocycles. The lowest BCUT2D eigenvalue weighted by atomic mass is 9.97. The number of ether oxygens (including phenoxy) is 1. The summed E-state index contributed by atoms with van der Waals surface area (Å²) < 4.78 is 4.86. The highest BCUT2D eigenvalue weighted by molar-refractivity contribution is 5.80. The lowest BCUT2D eigenvalue weighted by Crippen LogP contribution is -2.46.